The van der Waals surface area contributed by atoms with Crippen LogP contribution in [-0.2, 0) is 10.2 Å². The second-order valence-electron chi connectivity index (χ2n) is 10.3. The summed E-state index contributed by atoms with van der Waals surface area (Å²) in [6.45, 7) is 13.4. The third-order valence-electron chi connectivity index (χ3n) is 5.94. The quantitative estimate of drug-likeness (QED) is 0.282. The van der Waals surface area contributed by atoms with Gasteiger partial charge in [-0.15, -0.1) is 11.8 Å². The largest absolute Gasteiger partial charge is 0.462 e. The van der Waals surface area contributed by atoms with Gasteiger partial charge in [0, 0.05) is 20.8 Å². The summed E-state index contributed by atoms with van der Waals surface area (Å²) >= 11 is 1.88. The lowest BCUT2D eigenvalue weighted by atomic mass is 9.85. The average molecular weight is 481 g/mol. The first-order valence-electron chi connectivity index (χ1n) is 12.0. The summed E-state index contributed by atoms with van der Waals surface area (Å²) in [6, 6.07) is 22.7. The molecule has 0 saturated heterocycles. The molecule has 1 aliphatic rings. The molecule has 0 saturated carbocycles. The molecule has 0 spiro atoms. The third kappa shape index (κ3) is 5.89. The van der Waals surface area contributed by atoms with Crippen LogP contribution in [0.5, 0.6) is 0 Å². The van der Waals surface area contributed by atoms with Gasteiger partial charge < -0.3 is 4.74 Å². The molecular formula is C32H32O2S. The van der Waals surface area contributed by atoms with Crippen LogP contribution >= 0.6 is 11.8 Å². The Hall–Kier alpha value is -3.22. The molecular weight excluding hydrogens is 448 g/mol. The summed E-state index contributed by atoms with van der Waals surface area (Å²) in [7, 11) is 0. The summed E-state index contributed by atoms with van der Waals surface area (Å²) < 4.78 is 5.06. The Balaban J connectivity index is 1.65. The van der Waals surface area contributed by atoms with Gasteiger partial charge in [-0.2, -0.15) is 0 Å². The Morgan fingerprint density at radius 3 is 2.17 bits per heavy atom. The van der Waals surface area contributed by atoms with Crippen LogP contribution in [0.3, 0.4) is 0 Å². The minimum atomic E-state index is -0.308. The van der Waals surface area contributed by atoms with Crippen molar-refractivity contribution in [3.63, 3.8) is 0 Å². The first-order valence-corrected chi connectivity index (χ1v) is 12.8. The van der Waals surface area contributed by atoms with Crippen molar-refractivity contribution in [2.24, 2.45) is 0 Å². The molecule has 3 heteroatoms. The standard InChI is InChI=1S/C32H32O2S/c1-7-34-30(33)25-13-10-22(11-14-25)8-9-23-12-19-29-27(20-23)28(21-32(5,6)35-29)24-15-17-26(18-16-24)31(2,3)4/h10-21H,7H2,1-6H3. The fraction of sp³-hybridized carbons (Fsp3) is 0.281. The number of carbonyl (C=O) groups is 1. The van der Waals surface area contributed by atoms with Gasteiger partial charge in [-0.1, -0.05) is 63.0 Å². The fourth-order valence-electron chi connectivity index (χ4n) is 4.08. The maximum absolute atomic E-state index is 11.9. The number of ether oxygens (including phenoxy) is 1. The highest BCUT2D eigenvalue weighted by molar-refractivity contribution is 8.01. The summed E-state index contributed by atoms with van der Waals surface area (Å²) in [5, 5.41) is 0. The molecule has 35 heavy (non-hydrogen) atoms. The second kappa shape index (κ2) is 9.80. The minimum absolute atomic E-state index is 0.0128. The smallest absolute Gasteiger partial charge is 0.338 e. The number of esters is 1. The highest BCUT2D eigenvalue weighted by Crippen LogP contribution is 2.46. The number of fused-ring (bicyclic) bond motifs is 1. The van der Waals surface area contributed by atoms with E-state index in [2.05, 4.69) is 95.0 Å². The van der Waals surface area contributed by atoms with Crippen molar-refractivity contribution in [1.82, 2.24) is 0 Å². The van der Waals surface area contributed by atoms with E-state index in [1.165, 1.54) is 27.2 Å². The number of thioether (sulfide) groups is 1. The second-order valence-corrected chi connectivity index (χ2v) is 12.0. The zero-order valence-electron chi connectivity index (χ0n) is 21.4. The summed E-state index contributed by atoms with van der Waals surface area (Å²) in [6.07, 6.45) is 2.37. The molecule has 4 rings (SSSR count). The first-order chi connectivity index (χ1) is 16.6. The summed E-state index contributed by atoms with van der Waals surface area (Å²) in [5.74, 6) is 6.23. The number of rotatable bonds is 3. The van der Waals surface area contributed by atoms with E-state index in [4.69, 9.17) is 4.74 Å². The third-order valence-corrected chi connectivity index (χ3v) is 7.16. The van der Waals surface area contributed by atoms with E-state index in [-0.39, 0.29) is 16.1 Å². The SMILES string of the molecule is CCOC(=O)c1ccc(C#Cc2ccc3c(c2)C(c2ccc(C(C)(C)C)cc2)=CC(C)(C)S3)cc1. The molecule has 0 aromatic heterocycles. The van der Waals surface area contributed by atoms with E-state index in [1.54, 1.807) is 19.1 Å². The van der Waals surface area contributed by atoms with E-state index in [0.717, 1.165) is 11.1 Å². The molecule has 1 heterocycles. The van der Waals surface area contributed by atoms with Crippen molar-refractivity contribution in [2.75, 3.05) is 6.61 Å². The Morgan fingerprint density at radius 1 is 0.914 bits per heavy atom. The van der Waals surface area contributed by atoms with Crippen LogP contribution in [0, 0.1) is 11.8 Å². The van der Waals surface area contributed by atoms with E-state index < -0.39 is 0 Å². The Labute approximate surface area is 213 Å². The first kappa shape index (κ1) is 24.9. The molecule has 0 aliphatic carbocycles. The summed E-state index contributed by atoms with van der Waals surface area (Å²) in [5.41, 5.74) is 7.54. The van der Waals surface area contributed by atoms with Gasteiger partial charge >= 0.3 is 5.97 Å². The van der Waals surface area contributed by atoms with Gasteiger partial charge in [0.25, 0.3) is 0 Å². The number of hydrogen-bond acceptors (Lipinski definition) is 3. The normalized spacial score (nSPS) is 14.3. The molecule has 0 amide bonds. The predicted octanol–water partition coefficient (Wildman–Crippen LogP) is 7.88. The molecule has 0 N–H and O–H groups in total. The average Bonchev–Trinajstić information content (AvgIpc) is 2.82. The van der Waals surface area contributed by atoms with Gasteiger partial charge in [-0.3, -0.25) is 0 Å². The van der Waals surface area contributed by atoms with Crippen LogP contribution in [0.4, 0.5) is 0 Å². The molecule has 178 valence electrons. The van der Waals surface area contributed by atoms with Crippen LogP contribution in [-0.4, -0.2) is 17.3 Å². The topological polar surface area (TPSA) is 26.3 Å². The van der Waals surface area contributed by atoms with Gasteiger partial charge in [-0.25, -0.2) is 4.79 Å². The van der Waals surface area contributed by atoms with Gasteiger partial charge in [0.05, 0.1) is 12.2 Å². The lowest BCUT2D eigenvalue weighted by Gasteiger charge is -2.30. The van der Waals surface area contributed by atoms with Gasteiger partial charge in [0.2, 0.25) is 0 Å². The van der Waals surface area contributed by atoms with Crippen LogP contribution < -0.4 is 0 Å². The van der Waals surface area contributed by atoms with Crippen molar-refractivity contribution >= 4 is 23.3 Å². The zero-order chi connectivity index (χ0) is 25.2. The van der Waals surface area contributed by atoms with Crippen molar-refractivity contribution in [3.05, 3.63) is 106 Å². The maximum atomic E-state index is 11.9. The monoisotopic (exact) mass is 480 g/mol. The molecule has 0 atom stereocenters. The molecule has 0 radical (unpaired) electrons. The molecule has 0 unspecified atom stereocenters. The van der Waals surface area contributed by atoms with E-state index in [9.17, 15) is 4.79 Å². The lowest BCUT2D eigenvalue weighted by Crippen LogP contribution is -2.16. The molecule has 1 aliphatic heterocycles. The highest BCUT2D eigenvalue weighted by Gasteiger charge is 2.27. The maximum Gasteiger partial charge on any atom is 0.338 e. The van der Waals surface area contributed by atoms with Crippen LogP contribution in [0.15, 0.2) is 77.7 Å². The van der Waals surface area contributed by atoms with Crippen molar-refractivity contribution in [1.29, 1.82) is 0 Å². The van der Waals surface area contributed by atoms with Crippen molar-refractivity contribution in [3.8, 4) is 11.8 Å². The van der Waals surface area contributed by atoms with E-state index in [0.29, 0.717) is 12.2 Å². The van der Waals surface area contributed by atoms with Crippen LogP contribution in [0.1, 0.15) is 79.7 Å². The summed E-state index contributed by atoms with van der Waals surface area (Å²) in [4.78, 5) is 13.1. The van der Waals surface area contributed by atoms with Gasteiger partial charge in [0.15, 0.2) is 0 Å². The van der Waals surface area contributed by atoms with Crippen LogP contribution in [0.25, 0.3) is 5.57 Å². The Kier molecular flexibility index (Phi) is 6.97. The number of carbonyl (C=O) groups excluding carboxylic acids is 1. The van der Waals surface area contributed by atoms with Crippen molar-refractivity contribution < 1.29 is 9.53 Å². The molecule has 3 aromatic rings. The number of hydrogen-bond donors (Lipinski definition) is 0. The fourth-order valence-corrected chi connectivity index (χ4v) is 5.24. The van der Waals surface area contributed by atoms with E-state index in [1.807, 2.05) is 23.9 Å². The molecule has 0 bridgehead atoms. The Bertz CT molecular complexity index is 1330. The van der Waals surface area contributed by atoms with Crippen LogP contribution in [0.2, 0.25) is 0 Å². The minimum Gasteiger partial charge on any atom is -0.462 e. The zero-order valence-corrected chi connectivity index (χ0v) is 22.2. The molecule has 3 aromatic carbocycles. The predicted molar refractivity (Wildman–Crippen MR) is 147 cm³/mol. The number of benzene rings is 3. The lowest BCUT2D eigenvalue weighted by molar-refractivity contribution is 0.0526. The Morgan fingerprint density at radius 2 is 1.54 bits per heavy atom. The molecule has 0 fully saturated rings. The van der Waals surface area contributed by atoms with Crippen molar-refractivity contribution in [2.45, 2.75) is 56.6 Å². The van der Waals surface area contributed by atoms with Gasteiger partial charge in [0.1, 0.15) is 0 Å². The molecule has 2 nitrogen and oxygen atoms in total. The van der Waals surface area contributed by atoms with E-state index >= 15 is 0 Å². The highest BCUT2D eigenvalue weighted by atomic mass is 32.2. The van der Waals surface area contributed by atoms with Gasteiger partial charge in [-0.05, 0) is 90.9 Å².